The normalized spacial score (nSPS) is 11.4. The molecule has 2 heterocycles. The molecule has 1 N–H and O–H groups in total. The van der Waals surface area contributed by atoms with Gasteiger partial charge in [0, 0.05) is 23.7 Å². The van der Waals surface area contributed by atoms with Crippen LogP contribution in [-0.2, 0) is 16.3 Å². The van der Waals surface area contributed by atoms with Crippen LogP contribution < -0.4 is 15.0 Å². The Morgan fingerprint density at radius 2 is 1.70 bits per heavy atom. The molecule has 0 saturated carbocycles. The number of methoxy groups -OCH3 is 2. The second-order valence-electron chi connectivity index (χ2n) is 8.86. The predicted octanol–water partition coefficient (Wildman–Crippen LogP) is 4.78. The molecule has 0 spiro atoms. The third-order valence-corrected chi connectivity index (χ3v) is 8.20. The van der Waals surface area contributed by atoms with Gasteiger partial charge in [0.1, 0.15) is 28.8 Å². The number of hydrogen-bond acceptors (Lipinski definition) is 8. The van der Waals surface area contributed by atoms with Gasteiger partial charge in [-0.3, -0.25) is 9.36 Å². The molecule has 12 heteroatoms. The zero-order chi connectivity index (χ0) is 29.2. The van der Waals surface area contributed by atoms with Crippen molar-refractivity contribution >= 4 is 9.84 Å². The highest BCUT2D eigenvalue weighted by atomic mass is 32.2. The van der Waals surface area contributed by atoms with E-state index in [1.165, 1.54) is 33.4 Å². The molecular formula is C28H27F2N3O6S. The second kappa shape index (κ2) is 11.4. The lowest BCUT2D eigenvalue weighted by Gasteiger charge is -2.21. The lowest BCUT2D eigenvalue weighted by atomic mass is 10.0. The molecule has 9 nitrogen and oxygen atoms in total. The number of unbranched alkanes of at least 4 members (excludes halogenated alkanes) is 1. The number of aromatic nitrogens is 3. The van der Waals surface area contributed by atoms with E-state index in [2.05, 4.69) is 9.97 Å². The van der Waals surface area contributed by atoms with Gasteiger partial charge >= 0.3 is 0 Å². The molecule has 0 aliphatic heterocycles. The SMILES string of the molecule is CCCCc1nc(=O)c(S(=O)(=O)c2ccc(-c3ccnc(F)c3C)c(F)c2)c(O)n1-c1c(OC)cccc1OC. The van der Waals surface area contributed by atoms with Gasteiger partial charge in [-0.2, -0.15) is 9.37 Å². The Morgan fingerprint density at radius 3 is 2.30 bits per heavy atom. The minimum atomic E-state index is -4.80. The summed E-state index contributed by atoms with van der Waals surface area (Å²) in [5.41, 5.74) is -0.868. The zero-order valence-electron chi connectivity index (χ0n) is 22.2. The largest absolute Gasteiger partial charge is 0.494 e. The van der Waals surface area contributed by atoms with Crippen LogP contribution in [0.4, 0.5) is 8.78 Å². The summed E-state index contributed by atoms with van der Waals surface area (Å²) in [6, 6.07) is 9.12. The van der Waals surface area contributed by atoms with Crippen molar-refractivity contribution in [3.05, 3.63) is 82.2 Å². The molecule has 4 aromatic rings. The van der Waals surface area contributed by atoms with E-state index >= 15 is 4.39 Å². The van der Waals surface area contributed by atoms with Crippen LogP contribution in [0.1, 0.15) is 31.2 Å². The highest BCUT2D eigenvalue weighted by Crippen LogP contribution is 2.38. The molecule has 2 aromatic carbocycles. The number of aromatic hydroxyl groups is 1. The number of rotatable bonds is 9. The minimum Gasteiger partial charge on any atom is -0.494 e. The Hall–Kier alpha value is -4.32. The van der Waals surface area contributed by atoms with Crippen LogP contribution in [0.2, 0.25) is 0 Å². The number of ether oxygens (including phenoxy) is 2. The molecule has 0 aliphatic carbocycles. The summed E-state index contributed by atoms with van der Waals surface area (Å²) in [5.74, 6) is -2.17. The molecule has 0 radical (unpaired) electrons. The molecule has 2 aromatic heterocycles. The molecule has 0 bridgehead atoms. The second-order valence-corrected chi connectivity index (χ2v) is 10.7. The predicted molar refractivity (Wildman–Crippen MR) is 143 cm³/mol. The standard InChI is InChI=1S/C28H27F2N3O6S/c1-5-6-10-23-32-27(34)25(28(35)33(23)24-21(38-3)8-7-9-22(24)39-4)40(36,37)17-11-12-19(20(29)15-17)18-13-14-31-26(30)16(18)2/h7-9,11-15,35H,5-6,10H2,1-4H3. The summed E-state index contributed by atoms with van der Waals surface area (Å²) in [6.07, 6.45) is 2.70. The van der Waals surface area contributed by atoms with Crippen LogP contribution in [0.5, 0.6) is 17.4 Å². The van der Waals surface area contributed by atoms with Gasteiger partial charge in [0.25, 0.3) is 5.56 Å². The van der Waals surface area contributed by atoms with Gasteiger partial charge in [-0.05, 0) is 49.2 Å². The summed E-state index contributed by atoms with van der Waals surface area (Å²) in [5, 5.41) is 11.4. The number of pyridine rings is 1. The van der Waals surface area contributed by atoms with Crippen molar-refractivity contribution < 1.29 is 31.8 Å². The number of para-hydroxylation sites is 1. The first-order valence-electron chi connectivity index (χ1n) is 12.3. The van der Waals surface area contributed by atoms with Gasteiger partial charge < -0.3 is 14.6 Å². The first kappa shape index (κ1) is 28.7. The van der Waals surface area contributed by atoms with Gasteiger partial charge in [-0.15, -0.1) is 0 Å². The summed E-state index contributed by atoms with van der Waals surface area (Å²) in [4.78, 5) is 19.0. The third kappa shape index (κ3) is 5.02. The van der Waals surface area contributed by atoms with Crippen LogP contribution in [0, 0.1) is 18.7 Å². The molecule has 40 heavy (non-hydrogen) atoms. The molecule has 0 saturated heterocycles. The molecule has 4 rings (SSSR count). The van der Waals surface area contributed by atoms with Crippen molar-refractivity contribution in [2.45, 2.75) is 42.9 Å². The van der Waals surface area contributed by atoms with E-state index in [-0.39, 0.29) is 46.1 Å². The van der Waals surface area contributed by atoms with Gasteiger partial charge in [0.2, 0.25) is 21.7 Å². The highest BCUT2D eigenvalue weighted by molar-refractivity contribution is 7.91. The van der Waals surface area contributed by atoms with Gasteiger partial charge in [-0.1, -0.05) is 25.5 Å². The van der Waals surface area contributed by atoms with Crippen LogP contribution in [0.25, 0.3) is 16.8 Å². The lowest BCUT2D eigenvalue weighted by Crippen LogP contribution is -2.25. The smallest absolute Gasteiger partial charge is 0.296 e. The van der Waals surface area contributed by atoms with Crippen molar-refractivity contribution in [2.75, 3.05) is 14.2 Å². The third-order valence-electron chi connectivity index (χ3n) is 6.43. The number of sulfone groups is 1. The van der Waals surface area contributed by atoms with Gasteiger partial charge in [0.05, 0.1) is 19.1 Å². The number of aryl methyl sites for hydroxylation is 1. The fourth-order valence-electron chi connectivity index (χ4n) is 4.36. The van der Waals surface area contributed by atoms with Crippen LogP contribution in [-0.4, -0.2) is 42.3 Å². The van der Waals surface area contributed by atoms with Crippen molar-refractivity contribution in [1.82, 2.24) is 14.5 Å². The Kier molecular flexibility index (Phi) is 8.19. The number of nitrogens with zero attached hydrogens (tertiary/aromatic N) is 3. The van der Waals surface area contributed by atoms with E-state index in [1.54, 1.807) is 18.2 Å². The Morgan fingerprint density at radius 1 is 1.02 bits per heavy atom. The first-order valence-corrected chi connectivity index (χ1v) is 13.8. The minimum absolute atomic E-state index is 0.0637. The maximum absolute atomic E-state index is 15.2. The van der Waals surface area contributed by atoms with Crippen molar-refractivity contribution in [3.63, 3.8) is 0 Å². The van der Waals surface area contributed by atoms with Crippen molar-refractivity contribution in [1.29, 1.82) is 0 Å². The van der Waals surface area contributed by atoms with Crippen LogP contribution in [0.3, 0.4) is 0 Å². The molecule has 0 unspecified atom stereocenters. The van der Waals surface area contributed by atoms with Crippen LogP contribution in [0.15, 0.2) is 63.2 Å². The summed E-state index contributed by atoms with van der Waals surface area (Å²) < 4.78 is 68.6. The molecule has 0 atom stereocenters. The fraction of sp³-hybridized carbons (Fsp3) is 0.250. The average molecular weight is 572 g/mol. The van der Waals surface area contributed by atoms with E-state index < -0.39 is 42.8 Å². The van der Waals surface area contributed by atoms with E-state index in [0.29, 0.717) is 12.5 Å². The summed E-state index contributed by atoms with van der Waals surface area (Å²) >= 11 is 0. The highest BCUT2D eigenvalue weighted by Gasteiger charge is 2.32. The van der Waals surface area contributed by atoms with Crippen LogP contribution >= 0.6 is 0 Å². The monoisotopic (exact) mass is 571 g/mol. The van der Waals surface area contributed by atoms with Gasteiger partial charge in [0.15, 0.2) is 4.90 Å². The fourth-order valence-corrected chi connectivity index (χ4v) is 5.71. The van der Waals surface area contributed by atoms with Crippen molar-refractivity contribution in [3.8, 4) is 34.2 Å². The summed E-state index contributed by atoms with van der Waals surface area (Å²) in [7, 11) is -2.03. The number of halogens is 2. The van der Waals surface area contributed by atoms with E-state index in [4.69, 9.17) is 9.47 Å². The quantitative estimate of drug-likeness (QED) is 0.285. The maximum atomic E-state index is 15.2. The summed E-state index contributed by atoms with van der Waals surface area (Å²) in [6.45, 7) is 3.34. The Labute approximate surface area is 229 Å². The molecule has 0 aliphatic rings. The molecular weight excluding hydrogens is 544 g/mol. The van der Waals surface area contributed by atoms with Crippen molar-refractivity contribution in [2.24, 2.45) is 0 Å². The zero-order valence-corrected chi connectivity index (χ0v) is 23.1. The maximum Gasteiger partial charge on any atom is 0.296 e. The molecule has 210 valence electrons. The van der Waals surface area contributed by atoms with E-state index in [9.17, 15) is 22.7 Å². The topological polar surface area (TPSA) is 121 Å². The Balaban J connectivity index is 1.96. The van der Waals surface area contributed by atoms with Gasteiger partial charge in [-0.25, -0.2) is 17.8 Å². The molecule has 0 fully saturated rings. The Bertz CT molecular complexity index is 1730. The average Bonchev–Trinajstić information content (AvgIpc) is 2.93. The lowest BCUT2D eigenvalue weighted by molar-refractivity contribution is 0.374. The van der Waals surface area contributed by atoms with E-state index in [1.807, 2.05) is 6.92 Å². The first-order chi connectivity index (χ1) is 19.1. The van der Waals surface area contributed by atoms with E-state index in [0.717, 1.165) is 23.1 Å². The molecule has 0 amide bonds. The number of benzene rings is 2. The number of hydrogen-bond donors (Lipinski definition) is 1.